The molecule has 2 aromatic carbocycles. The molecule has 0 aliphatic heterocycles. The van der Waals surface area contributed by atoms with Gasteiger partial charge in [-0.15, -0.1) is 11.3 Å². The van der Waals surface area contributed by atoms with Crippen LogP contribution in [-0.4, -0.2) is 7.11 Å². The van der Waals surface area contributed by atoms with Crippen LogP contribution in [0, 0.1) is 0 Å². The highest BCUT2D eigenvalue weighted by Gasteiger charge is 2.05. The van der Waals surface area contributed by atoms with Gasteiger partial charge in [-0.1, -0.05) is 12.1 Å². The van der Waals surface area contributed by atoms with Crippen LogP contribution in [0.2, 0.25) is 0 Å². The number of hydrogen-bond donors (Lipinski definition) is 0. The molecule has 2 nitrogen and oxygen atoms in total. The molecule has 3 heteroatoms. The van der Waals surface area contributed by atoms with Gasteiger partial charge in [-0.3, -0.25) is 0 Å². The summed E-state index contributed by atoms with van der Waals surface area (Å²) in [7, 11) is 1.66. The Morgan fingerprint density at radius 1 is 0.889 bits per heavy atom. The lowest BCUT2D eigenvalue weighted by molar-refractivity contribution is 0.413. The molecular formula is C15H12O2S. The average Bonchev–Trinajstić information content (AvgIpc) is 2.83. The van der Waals surface area contributed by atoms with E-state index in [-0.39, 0.29) is 0 Å². The van der Waals surface area contributed by atoms with Crippen LogP contribution >= 0.6 is 11.3 Å². The predicted molar refractivity (Wildman–Crippen MR) is 74.9 cm³/mol. The fourth-order valence-corrected chi connectivity index (χ4v) is 2.67. The van der Waals surface area contributed by atoms with Gasteiger partial charge in [0.2, 0.25) is 0 Å². The SMILES string of the molecule is COc1ccc(Oc2csc3ccccc23)cc1. The van der Waals surface area contributed by atoms with E-state index >= 15 is 0 Å². The predicted octanol–water partition coefficient (Wildman–Crippen LogP) is 4.70. The van der Waals surface area contributed by atoms with Crippen LogP contribution in [0.4, 0.5) is 0 Å². The van der Waals surface area contributed by atoms with E-state index in [1.807, 2.05) is 41.8 Å². The van der Waals surface area contributed by atoms with Gasteiger partial charge in [0, 0.05) is 15.5 Å². The number of fused-ring (bicyclic) bond motifs is 1. The van der Waals surface area contributed by atoms with Crippen molar-refractivity contribution in [3.05, 3.63) is 53.9 Å². The first-order chi connectivity index (χ1) is 8.86. The maximum Gasteiger partial charge on any atom is 0.145 e. The number of thiophene rings is 1. The third-order valence-corrected chi connectivity index (χ3v) is 3.67. The quantitative estimate of drug-likeness (QED) is 0.676. The lowest BCUT2D eigenvalue weighted by Crippen LogP contribution is -1.84. The Labute approximate surface area is 109 Å². The highest BCUT2D eigenvalue weighted by atomic mass is 32.1. The van der Waals surface area contributed by atoms with Crippen molar-refractivity contribution in [1.29, 1.82) is 0 Å². The van der Waals surface area contributed by atoms with Crippen LogP contribution in [0.15, 0.2) is 53.9 Å². The van der Waals surface area contributed by atoms with E-state index in [4.69, 9.17) is 9.47 Å². The molecule has 0 saturated heterocycles. The molecule has 0 saturated carbocycles. The molecule has 0 aliphatic carbocycles. The molecule has 1 heterocycles. The van der Waals surface area contributed by atoms with Gasteiger partial charge >= 0.3 is 0 Å². The first kappa shape index (κ1) is 11.1. The molecule has 0 unspecified atom stereocenters. The molecule has 0 fully saturated rings. The maximum atomic E-state index is 5.89. The molecule has 0 N–H and O–H groups in total. The Balaban J connectivity index is 1.91. The van der Waals surface area contributed by atoms with Crippen molar-refractivity contribution in [2.75, 3.05) is 7.11 Å². The molecule has 1 aromatic heterocycles. The summed E-state index contributed by atoms with van der Waals surface area (Å²) in [4.78, 5) is 0. The summed E-state index contributed by atoms with van der Waals surface area (Å²) < 4.78 is 12.2. The minimum atomic E-state index is 0.819. The lowest BCUT2D eigenvalue weighted by Gasteiger charge is -2.05. The summed E-state index contributed by atoms with van der Waals surface area (Å²) in [6.07, 6.45) is 0. The molecule has 18 heavy (non-hydrogen) atoms. The Bertz CT molecular complexity index is 656. The van der Waals surface area contributed by atoms with Crippen molar-refractivity contribution in [3.8, 4) is 17.2 Å². The summed E-state index contributed by atoms with van der Waals surface area (Å²) >= 11 is 1.69. The molecule has 0 bridgehead atoms. The smallest absolute Gasteiger partial charge is 0.145 e. The van der Waals surface area contributed by atoms with E-state index in [1.165, 1.54) is 4.70 Å². The lowest BCUT2D eigenvalue weighted by atomic mass is 10.2. The normalized spacial score (nSPS) is 10.5. The molecule has 3 aromatic rings. The van der Waals surface area contributed by atoms with Gasteiger partial charge in [-0.25, -0.2) is 0 Å². The number of rotatable bonds is 3. The summed E-state index contributed by atoms with van der Waals surface area (Å²) in [6.45, 7) is 0. The van der Waals surface area contributed by atoms with Crippen LogP contribution in [0.5, 0.6) is 17.2 Å². The van der Waals surface area contributed by atoms with Gasteiger partial charge in [0.15, 0.2) is 0 Å². The zero-order valence-electron chi connectivity index (χ0n) is 9.92. The third-order valence-electron chi connectivity index (χ3n) is 2.73. The minimum Gasteiger partial charge on any atom is -0.497 e. The van der Waals surface area contributed by atoms with Crippen LogP contribution in [-0.2, 0) is 0 Å². The summed E-state index contributed by atoms with van der Waals surface area (Å²) in [5.74, 6) is 2.55. The summed E-state index contributed by atoms with van der Waals surface area (Å²) in [5, 5.41) is 3.19. The molecule has 3 rings (SSSR count). The Hall–Kier alpha value is -2.00. The van der Waals surface area contributed by atoms with E-state index in [9.17, 15) is 0 Å². The van der Waals surface area contributed by atoms with Crippen LogP contribution in [0.25, 0.3) is 10.1 Å². The molecule has 90 valence electrons. The van der Waals surface area contributed by atoms with Gasteiger partial charge < -0.3 is 9.47 Å². The first-order valence-electron chi connectivity index (χ1n) is 5.65. The monoisotopic (exact) mass is 256 g/mol. The fourth-order valence-electron chi connectivity index (χ4n) is 1.80. The molecule has 0 spiro atoms. The Morgan fingerprint density at radius 2 is 1.61 bits per heavy atom. The van der Waals surface area contributed by atoms with Gasteiger partial charge in [0.1, 0.15) is 17.2 Å². The molecule has 0 atom stereocenters. The van der Waals surface area contributed by atoms with Crippen LogP contribution in [0.1, 0.15) is 0 Å². The second-order valence-corrected chi connectivity index (χ2v) is 4.78. The minimum absolute atomic E-state index is 0.819. The van der Waals surface area contributed by atoms with E-state index in [0.29, 0.717) is 0 Å². The number of methoxy groups -OCH3 is 1. The number of ether oxygens (including phenoxy) is 2. The number of benzene rings is 2. The topological polar surface area (TPSA) is 18.5 Å². The summed E-state index contributed by atoms with van der Waals surface area (Å²) in [6, 6.07) is 15.8. The van der Waals surface area contributed by atoms with Crippen molar-refractivity contribution >= 4 is 21.4 Å². The van der Waals surface area contributed by atoms with Gasteiger partial charge in [0.25, 0.3) is 0 Å². The van der Waals surface area contributed by atoms with Crippen molar-refractivity contribution in [2.24, 2.45) is 0 Å². The largest absolute Gasteiger partial charge is 0.497 e. The zero-order chi connectivity index (χ0) is 12.4. The molecule has 0 radical (unpaired) electrons. The van der Waals surface area contributed by atoms with Gasteiger partial charge in [-0.2, -0.15) is 0 Å². The van der Waals surface area contributed by atoms with E-state index in [0.717, 1.165) is 22.6 Å². The Morgan fingerprint density at radius 3 is 2.39 bits per heavy atom. The second kappa shape index (κ2) is 4.70. The van der Waals surface area contributed by atoms with Crippen molar-refractivity contribution in [1.82, 2.24) is 0 Å². The zero-order valence-corrected chi connectivity index (χ0v) is 10.7. The molecular weight excluding hydrogens is 244 g/mol. The van der Waals surface area contributed by atoms with Gasteiger partial charge in [0.05, 0.1) is 7.11 Å². The number of hydrogen-bond acceptors (Lipinski definition) is 3. The maximum absolute atomic E-state index is 5.89. The van der Waals surface area contributed by atoms with Gasteiger partial charge in [-0.05, 0) is 36.4 Å². The third kappa shape index (κ3) is 2.05. The van der Waals surface area contributed by atoms with E-state index < -0.39 is 0 Å². The highest BCUT2D eigenvalue weighted by Crippen LogP contribution is 2.35. The van der Waals surface area contributed by atoms with E-state index in [2.05, 4.69) is 12.1 Å². The van der Waals surface area contributed by atoms with Crippen molar-refractivity contribution < 1.29 is 9.47 Å². The fraction of sp³-hybridized carbons (Fsp3) is 0.0667. The average molecular weight is 256 g/mol. The summed E-state index contributed by atoms with van der Waals surface area (Å²) in [5.41, 5.74) is 0. The van der Waals surface area contributed by atoms with Crippen molar-refractivity contribution in [3.63, 3.8) is 0 Å². The molecule has 0 amide bonds. The standard InChI is InChI=1S/C15H12O2S/c1-16-11-6-8-12(9-7-11)17-14-10-18-15-5-3-2-4-13(14)15/h2-10H,1H3. The van der Waals surface area contributed by atoms with Crippen molar-refractivity contribution in [2.45, 2.75) is 0 Å². The van der Waals surface area contributed by atoms with Crippen LogP contribution < -0.4 is 9.47 Å². The van der Waals surface area contributed by atoms with E-state index in [1.54, 1.807) is 18.4 Å². The second-order valence-electron chi connectivity index (χ2n) is 3.87. The molecule has 0 aliphatic rings. The first-order valence-corrected chi connectivity index (χ1v) is 6.53. The Kier molecular flexibility index (Phi) is 2.90. The highest BCUT2D eigenvalue weighted by molar-refractivity contribution is 7.17. The van der Waals surface area contributed by atoms with Crippen LogP contribution in [0.3, 0.4) is 0 Å².